The number of amides is 4. The smallest absolute Gasteiger partial charge is 0.335 e. The third-order valence-electron chi connectivity index (χ3n) is 7.43. The number of halogens is 1. The number of carboxylic acid groups (broad SMARTS) is 1. The van der Waals surface area contributed by atoms with Crippen LogP contribution in [0.25, 0.3) is 5.69 Å². The number of aromatic nitrogens is 4. The number of hydrogen-bond acceptors (Lipinski definition) is 10. The highest BCUT2D eigenvalue weighted by atomic mass is 35.5. The van der Waals surface area contributed by atoms with Gasteiger partial charge in [-0.3, -0.25) is 24.1 Å². The summed E-state index contributed by atoms with van der Waals surface area (Å²) in [6, 6.07) is 15.6. The van der Waals surface area contributed by atoms with Gasteiger partial charge in [-0.1, -0.05) is 23.7 Å². The molecule has 1 saturated heterocycles. The summed E-state index contributed by atoms with van der Waals surface area (Å²) in [5.74, 6) is -4.14. The van der Waals surface area contributed by atoms with E-state index >= 15 is 0 Å². The number of nitrogens with one attached hydrogen (secondary N) is 3. The van der Waals surface area contributed by atoms with Crippen molar-refractivity contribution in [3.63, 3.8) is 0 Å². The van der Waals surface area contributed by atoms with Gasteiger partial charge in [0, 0.05) is 42.5 Å². The van der Waals surface area contributed by atoms with Crippen LogP contribution in [-0.4, -0.2) is 104 Å². The highest BCUT2D eigenvalue weighted by molar-refractivity contribution is 6.40. The second kappa shape index (κ2) is 15.3. The lowest BCUT2D eigenvalue weighted by Gasteiger charge is -2.34. The van der Waals surface area contributed by atoms with Crippen LogP contribution in [0.1, 0.15) is 15.9 Å². The molecule has 17 heteroatoms. The number of anilines is 3. The van der Waals surface area contributed by atoms with Crippen LogP contribution in [0.2, 0.25) is 5.02 Å². The molecule has 4 amide bonds. The summed E-state index contributed by atoms with van der Waals surface area (Å²) in [5.41, 5.74) is 2.02. The van der Waals surface area contributed by atoms with Crippen LogP contribution in [0.15, 0.2) is 73.1 Å². The SMILES string of the molecule is O=C(Nc1cc(Cl)ccc1-n1cnnn1)C(=O)N[C@@H](Cc1ccc(N2CCN(CCO)CC2=O)cc1)C(=O)Nc1ccc(C(=O)O)cc1. The number of carboxylic acids is 1. The maximum Gasteiger partial charge on any atom is 0.335 e. The Morgan fingerprint density at radius 2 is 1.69 bits per heavy atom. The van der Waals surface area contributed by atoms with Crippen molar-refractivity contribution in [1.82, 2.24) is 30.4 Å². The Morgan fingerprint density at radius 3 is 2.33 bits per heavy atom. The second-order valence-electron chi connectivity index (χ2n) is 10.7. The van der Waals surface area contributed by atoms with Crippen LogP contribution in [0.3, 0.4) is 0 Å². The number of nitrogens with zero attached hydrogens (tertiary/aromatic N) is 6. The van der Waals surface area contributed by atoms with E-state index in [0.717, 1.165) is 0 Å². The van der Waals surface area contributed by atoms with Crippen LogP contribution in [0.5, 0.6) is 0 Å². The van der Waals surface area contributed by atoms with Crippen LogP contribution >= 0.6 is 11.6 Å². The van der Waals surface area contributed by atoms with E-state index in [1.807, 2.05) is 4.90 Å². The number of β-amino-alcohol motifs (C(OH)–C–C–N with tert-alkyl or cyclic N) is 1. The van der Waals surface area contributed by atoms with E-state index < -0.39 is 29.7 Å². The fourth-order valence-corrected chi connectivity index (χ4v) is 5.16. The number of rotatable bonds is 11. The molecule has 1 fully saturated rings. The van der Waals surface area contributed by atoms with Gasteiger partial charge in [0.2, 0.25) is 11.8 Å². The first-order valence-electron chi connectivity index (χ1n) is 14.6. The normalized spacial score (nSPS) is 13.9. The summed E-state index contributed by atoms with van der Waals surface area (Å²) in [5, 5.41) is 37.2. The van der Waals surface area contributed by atoms with Crippen LogP contribution < -0.4 is 20.9 Å². The molecule has 4 aromatic rings. The monoisotopic (exact) mass is 675 g/mol. The van der Waals surface area contributed by atoms with E-state index in [1.54, 1.807) is 41.3 Å². The molecule has 16 nitrogen and oxygen atoms in total. The summed E-state index contributed by atoms with van der Waals surface area (Å²) in [6.07, 6.45) is 1.25. The molecule has 1 aromatic heterocycles. The van der Waals surface area contributed by atoms with Crippen molar-refractivity contribution < 1.29 is 34.2 Å². The van der Waals surface area contributed by atoms with Gasteiger partial charge < -0.3 is 31.1 Å². The van der Waals surface area contributed by atoms with Crippen molar-refractivity contribution >= 4 is 58.3 Å². The lowest BCUT2D eigenvalue weighted by molar-refractivity contribution is -0.137. The Morgan fingerprint density at radius 1 is 0.938 bits per heavy atom. The third-order valence-corrected chi connectivity index (χ3v) is 7.67. The number of benzene rings is 3. The van der Waals surface area contributed by atoms with Gasteiger partial charge in [-0.05, 0) is 70.6 Å². The van der Waals surface area contributed by atoms with E-state index in [0.29, 0.717) is 36.6 Å². The van der Waals surface area contributed by atoms with Crippen molar-refractivity contribution in [2.75, 3.05) is 48.3 Å². The number of aliphatic hydroxyl groups excluding tert-OH is 1. The van der Waals surface area contributed by atoms with E-state index in [1.165, 1.54) is 41.3 Å². The molecule has 0 unspecified atom stereocenters. The Kier molecular flexibility index (Phi) is 10.7. The molecule has 5 N–H and O–H groups in total. The van der Waals surface area contributed by atoms with Crippen LogP contribution in [0.4, 0.5) is 17.1 Å². The van der Waals surface area contributed by atoms with Crippen molar-refractivity contribution in [2.45, 2.75) is 12.5 Å². The Hall–Kier alpha value is -5.71. The molecular formula is C31H30ClN9O7. The number of hydrogen-bond donors (Lipinski definition) is 5. The van der Waals surface area contributed by atoms with E-state index in [2.05, 4.69) is 31.5 Å². The maximum atomic E-state index is 13.5. The molecule has 1 aliphatic heterocycles. The van der Waals surface area contributed by atoms with Crippen molar-refractivity contribution in [2.24, 2.45) is 0 Å². The predicted octanol–water partition coefficient (Wildman–Crippen LogP) is 0.960. The molecule has 0 radical (unpaired) electrons. The predicted molar refractivity (Wildman–Crippen MR) is 173 cm³/mol. The molecular weight excluding hydrogens is 646 g/mol. The molecule has 3 aromatic carbocycles. The zero-order chi connectivity index (χ0) is 34.2. The van der Waals surface area contributed by atoms with Gasteiger partial charge in [0.25, 0.3) is 0 Å². The lowest BCUT2D eigenvalue weighted by Crippen LogP contribution is -2.51. The van der Waals surface area contributed by atoms with Gasteiger partial charge in [0.15, 0.2) is 0 Å². The number of aliphatic hydroxyl groups is 1. The largest absolute Gasteiger partial charge is 0.478 e. The molecule has 5 rings (SSSR count). The fraction of sp³-hybridized carbons (Fsp3) is 0.226. The van der Waals surface area contributed by atoms with Gasteiger partial charge in [0.1, 0.15) is 12.4 Å². The first-order valence-corrected chi connectivity index (χ1v) is 15.0. The Balaban J connectivity index is 1.32. The molecule has 0 spiro atoms. The van der Waals surface area contributed by atoms with E-state index in [4.69, 9.17) is 11.6 Å². The molecule has 0 aliphatic carbocycles. The van der Waals surface area contributed by atoms with Crippen molar-refractivity contribution in [1.29, 1.82) is 0 Å². The first kappa shape index (κ1) is 33.6. The minimum atomic E-state index is -1.25. The second-order valence-corrected chi connectivity index (χ2v) is 11.1. The molecule has 1 aliphatic rings. The van der Waals surface area contributed by atoms with Crippen molar-refractivity contribution in [3.05, 3.63) is 89.2 Å². The first-order chi connectivity index (χ1) is 23.1. The van der Waals surface area contributed by atoms with Gasteiger partial charge in [-0.25, -0.2) is 4.79 Å². The molecule has 0 bridgehead atoms. The minimum Gasteiger partial charge on any atom is -0.478 e. The molecule has 248 valence electrons. The van der Waals surface area contributed by atoms with Gasteiger partial charge in [-0.2, -0.15) is 4.68 Å². The number of tetrazole rings is 1. The van der Waals surface area contributed by atoms with Gasteiger partial charge >= 0.3 is 17.8 Å². The maximum absolute atomic E-state index is 13.5. The van der Waals surface area contributed by atoms with Gasteiger partial charge in [-0.15, -0.1) is 5.10 Å². The van der Waals surface area contributed by atoms with Crippen LogP contribution in [-0.2, 0) is 25.6 Å². The minimum absolute atomic E-state index is 0.0185. The average molecular weight is 676 g/mol. The highest BCUT2D eigenvalue weighted by Gasteiger charge is 2.27. The summed E-state index contributed by atoms with van der Waals surface area (Å²) >= 11 is 6.12. The number of carbonyl (C=O) groups excluding carboxylic acids is 4. The summed E-state index contributed by atoms with van der Waals surface area (Å²) < 4.78 is 1.27. The topological polar surface area (TPSA) is 212 Å². The zero-order valence-electron chi connectivity index (χ0n) is 25.2. The zero-order valence-corrected chi connectivity index (χ0v) is 26.0. The quantitative estimate of drug-likeness (QED) is 0.141. The standard InChI is InChI=1S/C31H30ClN9O7/c32-21-5-10-26(41-18-33-37-38-41)24(16-21)35-29(45)30(46)36-25(28(44)34-22-6-3-20(4-7-22)31(47)48)15-19-1-8-23(9-2-19)40-12-11-39(13-14-42)17-27(40)43/h1-10,16,18,25,42H,11-15,17H2,(H,34,44)(H,35,45)(H,36,46)(H,47,48)/t25-/m0/s1. The summed E-state index contributed by atoms with van der Waals surface area (Å²) in [7, 11) is 0. The average Bonchev–Trinajstić information content (AvgIpc) is 3.60. The number of aromatic carboxylic acids is 1. The van der Waals surface area contributed by atoms with E-state index in [9.17, 15) is 34.2 Å². The van der Waals surface area contributed by atoms with E-state index in [-0.39, 0.29) is 47.4 Å². The number of piperazine rings is 1. The lowest BCUT2D eigenvalue weighted by atomic mass is 10.0. The molecule has 2 heterocycles. The fourth-order valence-electron chi connectivity index (χ4n) is 4.99. The Labute approximate surface area is 278 Å². The molecule has 48 heavy (non-hydrogen) atoms. The van der Waals surface area contributed by atoms with Crippen LogP contribution in [0, 0.1) is 0 Å². The Bertz CT molecular complexity index is 1800. The third kappa shape index (κ3) is 8.35. The van der Waals surface area contributed by atoms with Crippen molar-refractivity contribution in [3.8, 4) is 5.69 Å². The molecule has 1 atom stereocenters. The molecule has 0 saturated carbocycles. The summed E-state index contributed by atoms with van der Waals surface area (Å²) in [4.78, 5) is 67.1. The summed E-state index contributed by atoms with van der Waals surface area (Å²) in [6.45, 7) is 1.60. The number of carbonyl (C=O) groups is 5. The van der Waals surface area contributed by atoms with Gasteiger partial charge in [0.05, 0.1) is 30.1 Å². The highest BCUT2D eigenvalue weighted by Crippen LogP contribution is 2.24.